The SMILES string of the molecule is O=C(Nc1cccc(Cl)c1N1CCOCC1)C1COc2ccccc2C1. The normalized spacial score (nSPS) is 19.4. The highest BCUT2D eigenvalue weighted by molar-refractivity contribution is 6.34. The van der Waals surface area contributed by atoms with Crippen LogP contribution in [0.4, 0.5) is 11.4 Å². The summed E-state index contributed by atoms with van der Waals surface area (Å²) in [6, 6.07) is 13.5. The molecule has 0 spiro atoms. The lowest BCUT2D eigenvalue weighted by Gasteiger charge is -2.32. The van der Waals surface area contributed by atoms with Crippen molar-refractivity contribution in [3.05, 3.63) is 53.1 Å². The van der Waals surface area contributed by atoms with Crippen LogP contribution in [-0.4, -0.2) is 38.8 Å². The molecule has 1 atom stereocenters. The Bertz CT molecular complexity index is 805. The van der Waals surface area contributed by atoms with Gasteiger partial charge in [0, 0.05) is 13.1 Å². The van der Waals surface area contributed by atoms with Crippen molar-refractivity contribution in [2.24, 2.45) is 5.92 Å². The van der Waals surface area contributed by atoms with Crippen molar-refractivity contribution in [3.63, 3.8) is 0 Å². The maximum absolute atomic E-state index is 12.8. The second-order valence-corrected chi connectivity index (χ2v) is 6.95. The zero-order chi connectivity index (χ0) is 17.9. The van der Waals surface area contributed by atoms with Crippen molar-refractivity contribution in [1.29, 1.82) is 0 Å². The largest absolute Gasteiger partial charge is 0.492 e. The molecule has 4 rings (SSSR count). The molecule has 0 aliphatic carbocycles. The summed E-state index contributed by atoms with van der Waals surface area (Å²) in [7, 11) is 0. The van der Waals surface area contributed by atoms with Gasteiger partial charge in [-0.25, -0.2) is 0 Å². The minimum absolute atomic E-state index is 0.0451. The molecule has 6 heteroatoms. The lowest BCUT2D eigenvalue weighted by atomic mass is 9.96. The van der Waals surface area contributed by atoms with E-state index >= 15 is 0 Å². The van der Waals surface area contributed by atoms with Crippen LogP contribution in [-0.2, 0) is 16.0 Å². The number of carbonyl (C=O) groups is 1. The van der Waals surface area contributed by atoms with Gasteiger partial charge in [0.25, 0.3) is 0 Å². The first-order valence-corrected chi connectivity index (χ1v) is 9.23. The van der Waals surface area contributed by atoms with E-state index < -0.39 is 0 Å². The average Bonchev–Trinajstić information content (AvgIpc) is 2.68. The molecule has 5 nitrogen and oxygen atoms in total. The zero-order valence-corrected chi connectivity index (χ0v) is 15.2. The molecule has 0 aromatic heterocycles. The highest BCUT2D eigenvalue weighted by Gasteiger charge is 2.27. The summed E-state index contributed by atoms with van der Waals surface area (Å²) in [5.41, 5.74) is 2.67. The van der Waals surface area contributed by atoms with Gasteiger partial charge in [-0.15, -0.1) is 0 Å². The van der Waals surface area contributed by atoms with Crippen molar-refractivity contribution in [3.8, 4) is 5.75 Å². The smallest absolute Gasteiger partial charge is 0.231 e. The number of ether oxygens (including phenoxy) is 2. The number of para-hydroxylation sites is 2. The van der Waals surface area contributed by atoms with Crippen LogP contribution in [0.2, 0.25) is 5.02 Å². The minimum Gasteiger partial charge on any atom is -0.492 e. The van der Waals surface area contributed by atoms with Gasteiger partial charge < -0.3 is 19.7 Å². The Balaban J connectivity index is 1.52. The Morgan fingerprint density at radius 1 is 1.12 bits per heavy atom. The summed E-state index contributed by atoms with van der Waals surface area (Å²) in [5, 5.41) is 3.70. The average molecular weight is 373 g/mol. The van der Waals surface area contributed by atoms with Crippen LogP contribution < -0.4 is 15.0 Å². The summed E-state index contributed by atoms with van der Waals surface area (Å²) in [4.78, 5) is 15.0. The summed E-state index contributed by atoms with van der Waals surface area (Å²) in [6.45, 7) is 3.22. The van der Waals surface area contributed by atoms with Crippen LogP contribution in [0.25, 0.3) is 0 Å². The fourth-order valence-corrected chi connectivity index (χ4v) is 3.75. The third kappa shape index (κ3) is 3.50. The fraction of sp³-hybridized carbons (Fsp3) is 0.350. The number of nitrogens with one attached hydrogen (secondary N) is 1. The van der Waals surface area contributed by atoms with Gasteiger partial charge in [-0.2, -0.15) is 0 Å². The van der Waals surface area contributed by atoms with Gasteiger partial charge >= 0.3 is 0 Å². The van der Waals surface area contributed by atoms with Crippen molar-refractivity contribution in [2.45, 2.75) is 6.42 Å². The van der Waals surface area contributed by atoms with Crippen LogP contribution in [0.3, 0.4) is 0 Å². The number of carbonyl (C=O) groups excluding carboxylic acids is 1. The molecule has 1 saturated heterocycles. The van der Waals surface area contributed by atoms with Gasteiger partial charge in [-0.3, -0.25) is 4.79 Å². The van der Waals surface area contributed by atoms with E-state index in [2.05, 4.69) is 10.2 Å². The highest BCUT2D eigenvalue weighted by Crippen LogP contribution is 2.35. The van der Waals surface area contributed by atoms with E-state index in [4.69, 9.17) is 21.1 Å². The van der Waals surface area contributed by atoms with Crippen molar-refractivity contribution >= 4 is 28.9 Å². The summed E-state index contributed by atoms with van der Waals surface area (Å²) in [6.07, 6.45) is 0.676. The molecule has 1 unspecified atom stereocenters. The van der Waals surface area contributed by atoms with Gasteiger partial charge in [0.1, 0.15) is 12.4 Å². The van der Waals surface area contributed by atoms with Gasteiger partial charge in [-0.1, -0.05) is 35.9 Å². The fourth-order valence-electron chi connectivity index (χ4n) is 3.46. The highest BCUT2D eigenvalue weighted by atomic mass is 35.5. The maximum atomic E-state index is 12.8. The minimum atomic E-state index is -0.221. The Labute approximate surface area is 157 Å². The Morgan fingerprint density at radius 3 is 2.77 bits per heavy atom. The van der Waals surface area contributed by atoms with Crippen LogP contribution in [0.5, 0.6) is 5.75 Å². The molecule has 2 aliphatic heterocycles. The van der Waals surface area contributed by atoms with Crippen molar-refractivity contribution < 1.29 is 14.3 Å². The van der Waals surface area contributed by atoms with Crippen molar-refractivity contribution in [1.82, 2.24) is 0 Å². The van der Waals surface area contributed by atoms with Crippen LogP contribution >= 0.6 is 11.6 Å². The van der Waals surface area contributed by atoms with Gasteiger partial charge in [0.2, 0.25) is 5.91 Å². The van der Waals surface area contributed by atoms with E-state index in [0.717, 1.165) is 35.8 Å². The number of halogens is 1. The van der Waals surface area contributed by atoms with E-state index in [0.29, 0.717) is 31.3 Å². The number of fused-ring (bicyclic) bond motifs is 1. The van der Waals surface area contributed by atoms with Crippen LogP contribution in [0.15, 0.2) is 42.5 Å². The molecule has 1 fully saturated rings. The van der Waals surface area contributed by atoms with Crippen LogP contribution in [0.1, 0.15) is 5.56 Å². The number of nitrogens with zero attached hydrogens (tertiary/aromatic N) is 1. The van der Waals surface area contributed by atoms with Gasteiger partial charge in [0.05, 0.1) is 35.5 Å². The molecule has 2 aromatic rings. The third-order valence-electron chi connectivity index (χ3n) is 4.82. The molecule has 1 amide bonds. The Morgan fingerprint density at radius 2 is 1.92 bits per heavy atom. The molecule has 1 N–H and O–H groups in total. The first-order chi connectivity index (χ1) is 12.7. The van der Waals surface area contributed by atoms with E-state index in [-0.39, 0.29) is 11.8 Å². The molecular weight excluding hydrogens is 352 g/mol. The van der Waals surface area contributed by atoms with Crippen LogP contribution in [0, 0.1) is 5.92 Å². The third-order valence-corrected chi connectivity index (χ3v) is 5.13. The second kappa shape index (κ2) is 7.56. The first kappa shape index (κ1) is 17.2. The molecular formula is C20H21ClN2O3. The molecule has 2 aromatic carbocycles. The maximum Gasteiger partial charge on any atom is 0.231 e. The number of morpholine rings is 1. The molecule has 2 heterocycles. The molecule has 2 aliphatic rings. The predicted molar refractivity (Wildman–Crippen MR) is 102 cm³/mol. The lowest BCUT2D eigenvalue weighted by molar-refractivity contribution is -0.121. The van der Waals surface area contributed by atoms with E-state index in [9.17, 15) is 4.79 Å². The number of anilines is 2. The molecule has 0 radical (unpaired) electrons. The molecule has 26 heavy (non-hydrogen) atoms. The van der Waals surface area contributed by atoms with Gasteiger partial charge in [-0.05, 0) is 30.2 Å². The number of hydrogen-bond donors (Lipinski definition) is 1. The Kier molecular flexibility index (Phi) is 5.00. The van der Waals surface area contributed by atoms with Crippen molar-refractivity contribution in [2.75, 3.05) is 43.1 Å². The standard InChI is InChI=1S/C20H21ClN2O3/c21-16-5-3-6-17(19(16)23-8-10-25-11-9-23)22-20(24)15-12-14-4-1-2-7-18(14)26-13-15/h1-7,15H,8-13H2,(H,22,24). The summed E-state index contributed by atoms with van der Waals surface area (Å²) in [5.74, 6) is 0.603. The topological polar surface area (TPSA) is 50.8 Å². The van der Waals surface area contributed by atoms with E-state index in [1.165, 1.54) is 0 Å². The number of amides is 1. The second-order valence-electron chi connectivity index (χ2n) is 6.54. The number of benzene rings is 2. The first-order valence-electron chi connectivity index (χ1n) is 8.85. The van der Waals surface area contributed by atoms with E-state index in [1.54, 1.807) is 0 Å². The summed E-state index contributed by atoms with van der Waals surface area (Å²) >= 11 is 6.44. The number of rotatable bonds is 3. The van der Waals surface area contributed by atoms with E-state index in [1.807, 2.05) is 42.5 Å². The molecule has 0 bridgehead atoms. The lowest BCUT2D eigenvalue weighted by Crippen LogP contribution is -2.37. The zero-order valence-electron chi connectivity index (χ0n) is 14.4. The van der Waals surface area contributed by atoms with Gasteiger partial charge in [0.15, 0.2) is 0 Å². The predicted octanol–water partition coefficient (Wildman–Crippen LogP) is 3.37. The molecule has 0 saturated carbocycles. The Hall–Kier alpha value is -2.24. The number of hydrogen-bond acceptors (Lipinski definition) is 4. The quantitative estimate of drug-likeness (QED) is 0.897. The molecule has 136 valence electrons. The monoisotopic (exact) mass is 372 g/mol. The summed E-state index contributed by atoms with van der Waals surface area (Å²) < 4.78 is 11.2.